The molecular weight excluding hydrogens is 271 g/mol. The van der Waals surface area contributed by atoms with Crippen LogP contribution in [0, 0.1) is 19.7 Å². The van der Waals surface area contributed by atoms with Crippen molar-refractivity contribution in [1.29, 1.82) is 0 Å². The molecule has 1 fully saturated rings. The Hall–Kier alpha value is -1.33. The zero-order valence-corrected chi connectivity index (χ0v) is 13.4. The van der Waals surface area contributed by atoms with E-state index in [0.29, 0.717) is 17.1 Å². The van der Waals surface area contributed by atoms with Gasteiger partial charge in [0.15, 0.2) is 11.6 Å². The molecule has 0 atom stereocenters. The fourth-order valence-electron chi connectivity index (χ4n) is 2.99. The Bertz CT molecular complexity index is 500. The van der Waals surface area contributed by atoms with Gasteiger partial charge in [0.25, 0.3) is 0 Å². The van der Waals surface area contributed by atoms with Gasteiger partial charge in [-0.2, -0.15) is 0 Å². The van der Waals surface area contributed by atoms with Crippen molar-refractivity contribution >= 4 is 0 Å². The maximum atomic E-state index is 14.3. The van der Waals surface area contributed by atoms with Crippen LogP contribution in [0.25, 0.3) is 0 Å². The summed E-state index contributed by atoms with van der Waals surface area (Å²) in [4.78, 5) is 2.42. The first-order valence-corrected chi connectivity index (χ1v) is 7.42. The van der Waals surface area contributed by atoms with Gasteiger partial charge in [-0.3, -0.25) is 0 Å². The fraction of sp³-hybridized carbons (Fsp3) is 0.625. The lowest BCUT2D eigenvalue weighted by atomic mass is 9.98. The molecule has 1 aliphatic heterocycles. The zero-order chi connectivity index (χ0) is 15.4. The van der Waals surface area contributed by atoms with Crippen LogP contribution in [0.4, 0.5) is 4.39 Å². The summed E-state index contributed by atoms with van der Waals surface area (Å²) in [6.07, 6.45) is 0.840. The average molecular weight is 296 g/mol. The Kier molecular flexibility index (Phi) is 5.42. The second-order valence-electron chi connectivity index (χ2n) is 5.45. The van der Waals surface area contributed by atoms with E-state index in [1.165, 1.54) is 7.11 Å². The van der Waals surface area contributed by atoms with Gasteiger partial charge in [0.05, 0.1) is 14.2 Å². The van der Waals surface area contributed by atoms with Crippen molar-refractivity contribution in [2.24, 2.45) is 0 Å². The summed E-state index contributed by atoms with van der Waals surface area (Å²) in [5, 5.41) is 3.35. The van der Waals surface area contributed by atoms with Crippen LogP contribution in [0.15, 0.2) is 0 Å². The lowest BCUT2D eigenvalue weighted by Crippen LogP contribution is -2.44. The van der Waals surface area contributed by atoms with Crippen LogP contribution in [-0.2, 0) is 6.42 Å². The first-order valence-electron chi connectivity index (χ1n) is 7.42. The number of rotatable bonds is 5. The average Bonchev–Trinajstić information content (AvgIpc) is 2.51. The van der Waals surface area contributed by atoms with Crippen molar-refractivity contribution in [3.05, 3.63) is 22.5 Å². The van der Waals surface area contributed by atoms with Crippen LogP contribution in [0.2, 0.25) is 0 Å². The molecular formula is C16H25FN2O2. The Morgan fingerprint density at radius 2 is 1.67 bits per heavy atom. The molecule has 21 heavy (non-hydrogen) atoms. The molecule has 1 heterocycles. The van der Waals surface area contributed by atoms with Crippen molar-refractivity contribution in [1.82, 2.24) is 10.2 Å². The topological polar surface area (TPSA) is 33.7 Å². The Labute approximate surface area is 126 Å². The van der Waals surface area contributed by atoms with Gasteiger partial charge in [-0.05, 0) is 20.3 Å². The van der Waals surface area contributed by atoms with E-state index in [9.17, 15) is 4.39 Å². The summed E-state index contributed by atoms with van der Waals surface area (Å²) in [5.41, 5.74) is 2.41. The molecule has 0 aliphatic carbocycles. The molecule has 1 aromatic rings. The minimum atomic E-state index is -0.322. The third-order valence-corrected chi connectivity index (χ3v) is 4.23. The summed E-state index contributed by atoms with van der Waals surface area (Å²) in [6, 6.07) is 0. The number of piperazine rings is 1. The molecule has 0 unspecified atom stereocenters. The summed E-state index contributed by atoms with van der Waals surface area (Å²) in [7, 11) is 3.11. The van der Waals surface area contributed by atoms with E-state index < -0.39 is 0 Å². The normalized spacial score (nSPS) is 16.0. The molecule has 0 radical (unpaired) electrons. The Balaban J connectivity index is 2.26. The van der Waals surface area contributed by atoms with Crippen LogP contribution in [0.1, 0.15) is 16.7 Å². The summed E-state index contributed by atoms with van der Waals surface area (Å²) < 4.78 is 24.9. The molecule has 5 heteroatoms. The molecule has 0 saturated carbocycles. The molecule has 1 N–H and O–H groups in total. The highest BCUT2D eigenvalue weighted by molar-refractivity contribution is 5.54. The maximum Gasteiger partial charge on any atom is 0.171 e. The number of benzene rings is 1. The number of ether oxygens (including phenoxy) is 2. The SMILES string of the molecule is COc1c(C)c(CCN2CCNCC2)c(OC)c(C)c1F. The van der Waals surface area contributed by atoms with Gasteiger partial charge in [-0.15, -0.1) is 0 Å². The quantitative estimate of drug-likeness (QED) is 0.900. The number of hydrogen-bond donors (Lipinski definition) is 1. The molecule has 0 spiro atoms. The standard InChI is InChI=1S/C16H25FN2O2/c1-11-13(5-8-19-9-6-18-7-10-19)15(20-3)12(2)14(17)16(11)21-4/h18H,5-10H2,1-4H3. The van der Waals surface area contributed by atoms with Crippen LogP contribution in [-0.4, -0.2) is 51.8 Å². The van der Waals surface area contributed by atoms with Crippen molar-refractivity contribution in [3.8, 4) is 11.5 Å². The van der Waals surface area contributed by atoms with Gasteiger partial charge < -0.3 is 19.7 Å². The minimum absolute atomic E-state index is 0.322. The smallest absolute Gasteiger partial charge is 0.171 e. The zero-order valence-electron chi connectivity index (χ0n) is 13.4. The molecule has 4 nitrogen and oxygen atoms in total. The third kappa shape index (κ3) is 3.30. The predicted molar refractivity (Wildman–Crippen MR) is 82.0 cm³/mol. The first-order chi connectivity index (χ1) is 10.1. The van der Waals surface area contributed by atoms with E-state index >= 15 is 0 Å². The Morgan fingerprint density at radius 1 is 1.05 bits per heavy atom. The monoisotopic (exact) mass is 296 g/mol. The van der Waals surface area contributed by atoms with E-state index in [2.05, 4.69) is 10.2 Å². The molecule has 2 rings (SSSR count). The van der Waals surface area contributed by atoms with Gasteiger partial charge in [0, 0.05) is 49.4 Å². The highest BCUT2D eigenvalue weighted by atomic mass is 19.1. The highest BCUT2D eigenvalue weighted by Gasteiger charge is 2.21. The molecule has 1 saturated heterocycles. The number of methoxy groups -OCH3 is 2. The molecule has 0 bridgehead atoms. The van der Waals surface area contributed by atoms with Gasteiger partial charge >= 0.3 is 0 Å². The lowest BCUT2D eigenvalue weighted by molar-refractivity contribution is 0.242. The fourth-order valence-corrected chi connectivity index (χ4v) is 2.99. The summed E-state index contributed by atoms with van der Waals surface area (Å²) >= 11 is 0. The first kappa shape index (κ1) is 16.0. The number of halogens is 1. The van der Waals surface area contributed by atoms with Crippen molar-refractivity contribution in [2.45, 2.75) is 20.3 Å². The lowest BCUT2D eigenvalue weighted by Gasteiger charge is -2.28. The van der Waals surface area contributed by atoms with Crippen LogP contribution in [0.3, 0.4) is 0 Å². The van der Waals surface area contributed by atoms with E-state index in [1.807, 2.05) is 6.92 Å². The van der Waals surface area contributed by atoms with Crippen LogP contribution >= 0.6 is 0 Å². The van der Waals surface area contributed by atoms with Crippen molar-refractivity contribution < 1.29 is 13.9 Å². The molecule has 1 aromatic carbocycles. The van der Waals surface area contributed by atoms with Crippen molar-refractivity contribution in [3.63, 3.8) is 0 Å². The molecule has 0 amide bonds. The molecule has 118 valence electrons. The van der Waals surface area contributed by atoms with Crippen LogP contribution in [0.5, 0.6) is 11.5 Å². The predicted octanol–water partition coefficient (Wildman–Crippen LogP) is 1.91. The largest absolute Gasteiger partial charge is 0.496 e. The van der Waals surface area contributed by atoms with E-state index in [-0.39, 0.29) is 5.82 Å². The Morgan fingerprint density at radius 3 is 2.24 bits per heavy atom. The van der Waals surface area contributed by atoms with Gasteiger partial charge in [-0.25, -0.2) is 4.39 Å². The summed E-state index contributed by atoms with van der Waals surface area (Å²) in [6.45, 7) is 8.76. The molecule has 1 aliphatic rings. The van der Waals surface area contributed by atoms with Gasteiger partial charge in [-0.1, -0.05) is 0 Å². The minimum Gasteiger partial charge on any atom is -0.496 e. The molecule has 0 aromatic heterocycles. The van der Waals surface area contributed by atoms with Crippen molar-refractivity contribution in [2.75, 3.05) is 46.9 Å². The number of nitrogens with zero attached hydrogens (tertiary/aromatic N) is 1. The maximum absolute atomic E-state index is 14.3. The number of nitrogens with one attached hydrogen (secondary N) is 1. The van der Waals surface area contributed by atoms with Crippen LogP contribution < -0.4 is 14.8 Å². The summed E-state index contributed by atoms with van der Waals surface area (Å²) in [5.74, 6) is 0.669. The second kappa shape index (κ2) is 7.09. The highest BCUT2D eigenvalue weighted by Crippen LogP contribution is 2.37. The number of hydrogen-bond acceptors (Lipinski definition) is 4. The van der Waals surface area contributed by atoms with E-state index in [1.54, 1.807) is 14.0 Å². The van der Waals surface area contributed by atoms with Gasteiger partial charge in [0.1, 0.15) is 5.75 Å². The van der Waals surface area contributed by atoms with E-state index in [0.717, 1.165) is 50.3 Å². The van der Waals surface area contributed by atoms with Gasteiger partial charge in [0.2, 0.25) is 0 Å². The second-order valence-corrected chi connectivity index (χ2v) is 5.45. The third-order valence-electron chi connectivity index (χ3n) is 4.23. The van der Waals surface area contributed by atoms with E-state index in [4.69, 9.17) is 9.47 Å².